The zero-order valence-corrected chi connectivity index (χ0v) is 15.7. The molecule has 2 N–H and O–H groups in total. The number of rotatable bonds is 3. The second-order valence-corrected chi connectivity index (χ2v) is 8.07. The van der Waals surface area contributed by atoms with Crippen molar-refractivity contribution in [3.8, 4) is 0 Å². The summed E-state index contributed by atoms with van der Waals surface area (Å²) in [4.78, 5) is 26.5. The summed E-state index contributed by atoms with van der Waals surface area (Å²) in [5.74, 6) is -0.305. The molecule has 1 saturated carbocycles. The fraction of sp³-hybridized carbons (Fsp3) is 0.684. The molecule has 3 rings (SSSR count). The van der Waals surface area contributed by atoms with Gasteiger partial charge in [-0.05, 0) is 38.3 Å². The summed E-state index contributed by atoms with van der Waals surface area (Å²) in [5, 5.41) is 21.8. The molecule has 7 heteroatoms. The van der Waals surface area contributed by atoms with E-state index in [4.69, 9.17) is 0 Å². The molecule has 0 unspecified atom stereocenters. The fourth-order valence-electron chi connectivity index (χ4n) is 4.70. The van der Waals surface area contributed by atoms with Crippen LogP contribution < -0.4 is 5.32 Å². The van der Waals surface area contributed by atoms with Crippen molar-refractivity contribution in [2.75, 3.05) is 6.54 Å². The van der Waals surface area contributed by atoms with Gasteiger partial charge in [-0.2, -0.15) is 5.10 Å². The van der Waals surface area contributed by atoms with E-state index in [1.807, 2.05) is 11.8 Å². The van der Waals surface area contributed by atoms with Crippen molar-refractivity contribution in [1.82, 2.24) is 20.4 Å². The molecule has 1 aromatic rings. The summed E-state index contributed by atoms with van der Waals surface area (Å²) in [5.41, 5.74) is -0.988. The number of carbonyl (C=O) groups is 2. The lowest BCUT2D eigenvalue weighted by atomic mass is 9.67. The van der Waals surface area contributed by atoms with E-state index in [0.717, 1.165) is 25.7 Å². The number of carbonyl (C=O) groups excluding carboxylic acids is 2. The van der Waals surface area contributed by atoms with Crippen molar-refractivity contribution in [2.24, 2.45) is 5.41 Å². The normalized spacial score (nSPS) is 34.1. The Bertz CT molecular complexity index is 679. The monoisotopic (exact) mass is 360 g/mol. The van der Waals surface area contributed by atoms with Crippen LogP contribution in [0.15, 0.2) is 18.3 Å². The molecule has 2 heterocycles. The van der Waals surface area contributed by atoms with Gasteiger partial charge < -0.3 is 15.3 Å². The van der Waals surface area contributed by atoms with Gasteiger partial charge in [-0.25, -0.2) is 0 Å². The molecule has 0 radical (unpaired) electrons. The maximum absolute atomic E-state index is 13.3. The molecule has 1 saturated heterocycles. The first-order valence-electron chi connectivity index (χ1n) is 9.33. The summed E-state index contributed by atoms with van der Waals surface area (Å²) in [6.45, 7) is 5.81. The van der Waals surface area contributed by atoms with Crippen LogP contribution in [0.25, 0.3) is 0 Å². The highest BCUT2D eigenvalue weighted by molar-refractivity contribution is 5.93. The molecule has 0 spiro atoms. The Morgan fingerprint density at radius 3 is 2.81 bits per heavy atom. The predicted octanol–water partition coefficient (Wildman–Crippen LogP) is 1.53. The molecule has 0 bridgehead atoms. The van der Waals surface area contributed by atoms with Gasteiger partial charge in [0.25, 0.3) is 5.91 Å². The minimum atomic E-state index is -0.861. The van der Waals surface area contributed by atoms with Gasteiger partial charge >= 0.3 is 0 Å². The topological polar surface area (TPSA) is 95.4 Å². The number of nitrogens with one attached hydrogen (secondary N) is 1. The Balaban J connectivity index is 1.98. The van der Waals surface area contributed by atoms with Gasteiger partial charge in [-0.1, -0.05) is 19.8 Å². The van der Waals surface area contributed by atoms with E-state index >= 15 is 0 Å². The number of likely N-dealkylation sites (tertiary alicyclic amines) is 1. The number of aromatic nitrogens is 2. The third-order valence-electron chi connectivity index (χ3n) is 6.36. The maximum Gasteiger partial charge on any atom is 0.274 e. The molecule has 4 atom stereocenters. The summed E-state index contributed by atoms with van der Waals surface area (Å²) in [6.07, 6.45) is 5.67. The van der Waals surface area contributed by atoms with Crippen LogP contribution in [0.1, 0.15) is 63.4 Å². The van der Waals surface area contributed by atoms with Crippen molar-refractivity contribution >= 4 is 11.8 Å². The molecular weight excluding hydrogens is 332 g/mol. The number of hydrogen-bond acceptors (Lipinski definition) is 5. The van der Waals surface area contributed by atoms with Gasteiger partial charge in [0, 0.05) is 31.1 Å². The molecule has 2 aliphatic rings. The van der Waals surface area contributed by atoms with Gasteiger partial charge in [0.1, 0.15) is 0 Å². The van der Waals surface area contributed by atoms with E-state index in [-0.39, 0.29) is 23.9 Å². The lowest BCUT2D eigenvalue weighted by molar-refractivity contribution is -0.119. The summed E-state index contributed by atoms with van der Waals surface area (Å²) < 4.78 is 0. The van der Waals surface area contributed by atoms with Crippen LogP contribution in [0.4, 0.5) is 0 Å². The van der Waals surface area contributed by atoms with E-state index in [1.165, 1.54) is 13.1 Å². The number of aliphatic hydroxyl groups is 1. The smallest absolute Gasteiger partial charge is 0.274 e. The molecule has 26 heavy (non-hydrogen) atoms. The molecule has 7 nitrogen and oxygen atoms in total. The largest absolute Gasteiger partial charge is 0.390 e. The molecule has 2 fully saturated rings. The van der Waals surface area contributed by atoms with Crippen LogP contribution in [0.3, 0.4) is 0 Å². The zero-order valence-electron chi connectivity index (χ0n) is 15.7. The molecule has 142 valence electrons. The third-order valence-corrected chi connectivity index (χ3v) is 6.36. The minimum absolute atomic E-state index is 0.0896. The first kappa shape index (κ1) is 18.8. The first-order valence-corrected chi connectivity index (χ1v) is 9.33. The van der Waals surface area contributed by atoms with Crippen LogP contribution in [-0.4, -0.2) is 56.2 Å². The SMILES string of the molecule is CC(=O)NC[C@H]1C[C@]2(C)[C@@H](CCCC[C@]2(C)O)N1C(=O)c1cccnn1. The Morgan fingerprint density at radius 1 is 1.38 bits per heavy atom. The highest BCUT2D eigenvalue weighted by Crippen LogP contribution is 2.53. The van der Waals surface area contributed by atoms with Crippen LogP contribution >= 0.6 is 0 Å². The number of amides is 2. The predicted molar refractivity (Wildman–Crippen MR) is 96.3 cm³/mol. The minimum Gasteiger partial charge on any atom is -0.390 e. The lowest BCUT2D eigenvalue weighted by Gasteiger charge is -2.43. The van der Waals surface area contributed by atoms with Crippen molar-refractivity contribution in [3.63, 3.8) is 0 Å². The highest BCUT2D eigenvalue weighted by Gasteiger charge is 2.59. The van der Waals surface area contributed by atoms with Gasteiger partial charge in [-0.3, -0.25) is 9.59 Å². The van der Waals surface area contributed by atoms with Crippen LogP contribution in [0.2, 0.25) is 0 Å². The summed E-state index contributed by atoms with van der Waals surface area (Å²) >= 11 is 0. The summed E-state index contributed by atoms with van der Waals surface area (Å²) in [7, 11) is 0. The molecule has 2 amide bonds. The first-order chi connectivity index (χ1) is 12.3. The number of nitrogens with zero attached hydrogens (tertiary/aromatic N) is 3. The van der Waals surface area contributed by atoms with Crippen LogP contribution in [0, 0.1) is 5.41 Å². The second kappa shape index (κ2) is 6.95. The van der Waals surface area contributed by atoms with Gasteiger partial charge in [-0.15, -0.1) is 5.10 Å². The molecular formula is C19H28N4O3. The Labute approximate surface area is 154 Å². The second-order valence-electron chi connectivity index (χ2n) is 8.07. The van der Waals surface area contributed by atoms with Crippen molar-refractivity contribution in [3.05, 3.63) is 24.0 Å². The average Bonchev–Trinajstić information content (AvgIpc) is 2.84. The van der Waals surface area contributed by atoms with E-state index in [2.05, 4.69) is 22.4 Å². The molecule has 1 aromatic heterocycles. The molecule has 0 aromatic carbocycles. The van der Waals surface area contributed by atoms with Gasteiger partial charge in [0.15, 0.2) is 5.69 Å². The zero-order chi connectivity index (χ0) is 18.9. The quantitative estimate of drug-likeness (QED) is 0.852. The van der Waals surface area contributed by atoms with E-state index in [0.29, 0.717) is 18.7 Å². The Kier molecular flexibility index (Phi) is 5.01. The van der Waals surface area contributed by atoms with E-state index < -0.39 is 11.0 Å². The van der Waals surface area contributed by atoms with Crippen LogP contribution in [0.5, 0.6) is 0 Å². The number of fused-ring (bicyclic) bond motifs is 1. The lowest BCUT2D eigenvalue weighted by Crippen LogP contribution is -2.52. The number of hydrogen-bond donors (Lipinski definition) is 2. The summed E-state index contributed by atoms with van der Waals surface area (Å²) in [6, 6.07) is 3.10. The fourth-order valence-corrected chi connectivity index (χ4v) is 4.70. The Morgan fingerprint density at radius 2 is 2.15 bits per heavy atom. The maximum atomic E-state index is 13.3. The molecule has 1 aliphatic carbocycles. The van der Waals surface area contributed by atoms with E-state index in [9.17, 15) is 14.7 Å². The van der Waals surface area contributed by atoms with Crippen molar-refractivity contribution in [2.45, 2.75) is 70.6 Å². The van der Waals surface area contributed by atoms with Gasteiger partial charge in [0.05, 0.1) is 11.6 Å². The Hall–Kier alpha value is -2.02. The van der Waals surface area contributed by atoms with Crippen molar-refractivity contribution in [1.29, 1.82) is 0 Å². The van der Waals surface area contributed by atoms with Gasteiger partial charge in [0.2, 0.25) is 5.91 Å². The average molecular weight is 360 g/mol. The molecule has 1 aliphatic heterocycles. The van der Waals surface area contributed by atoms with E-state index in [1.54, 1.807) is 12.1 Å². The standard InChI is InChI=1S/C19H28N4O3/c1-13(24)20-12-14-11-18(2)16(8-4-5-9-19(18,3)26)23(14)17(25)15-7-6-10-21-22-15/h6-7,10,14,16,26H,4-5,8-9,11-12H2,1-3H3,(H,20,24)/t14-,16-,18-,19+/m1/s1. The van der Waals surface area contributed by atoms with Crippen LogP contribution in [-0.2, 0) is 4.79 Å². The highest BCUT2D eigenvalue weighted by atomic mass is 16.3. The van der Waals surface area contributed by atoms with Crippen molar-refractivity contribution < 1.29 is 14.7 Å². The third kappa shape index (κ3) is 3.20.